The maximum atomic E-state index is 3.49. The van der Waals surface area contributed by atoms with Crippen molar-refractivity contribution in [2.45, 2.75) is 25.3 Å². The molecule has 1 fully saturated rings. The van der Waals surface area contributed by atoms with Crippen molar-refractivity contribution in [1.29, 1.82) is 0 Å². The van der Waals surface area contributed by atoms with Crippen LogP contribution in [0, 0.1) is 0 Å². The molecule has 1 aliphatic rings. The highest BCUT2D eigenvalue weighted by Gasteiger charge is 2.25. The van der Waals surface area contributed by atoms with E-state index in [-0.39, 0.29) is 0 Å². The molecule has 1 N–H and O–H groups in total. The van der Waals surface area contributed by atoms with Crippen molar-refractivity contribution in [3.63, 3.8) is 0 Å². The fourth-order valence-corrected chi connectivity index (χ4v) is 1.60. The third-order valence-corrected chi connectivity index (χ3v) is 2.77. The molecule has 1 rings (SSSR count). The largest absolute Gasteiger partial charge is 0.315 e. The average Bonchev–Trinajstić information content (AvgIpc) is 2.92. The average molecular weight is 199 g/mol. The zero-order chi connectivity index (χ0) is 10.4. The van der Waals surface area contributed by atoms with Crippen LogP contribution in [0.1, 0.15) is 19.3 Å². The number of nitrogens with zero attached hydrogens (tertiary/aromatic N) is 2. The van der Waals surface area contributed by atoms with Crippen LogP contribution in [-0.2, 0) is 0 Å². The lowest BCUT2D eigenvalue weighted by Crippen LogP contribution is -2.31. The second-order valence-corrected chi connectivity index (χ2v) is 4.62. The molecule has 0 aliphatic heterocycles. The highest BCUT2D eigenvalue weighted by atomic mass is 15.2. The maximum Gasteiger partial charge on any atom is 0.0107 e. The summed E-state index contributed by atoms with van der Waals surface area (Å²) < 4.78 is 0. The van der Waals surface area contributed by atoms with Crippen LogP contribution in [0.2, 0.25) is 0 Å². The second-order valence-electron chi connectivity index (χ2n) is 4.62. The van der Waals surface area contributed by atoms with Crippen LogP contribution in [0.25, 0.3) is 0 Å². The van der Waals surface area contributed by atoms with E-state index in [1.165, 1.54) is 32.4 Å². The van der Waals surface area contributed by atoms with E-state index >= 15 is 0 Å². The van der Waals surface area contributed by atoms with Crippen molar-refractivity contribution >= 4 is 0 Å². The van der Waals surface area contributed by atoms with Gasteiger partial charge in [0.2, 0.25) is 0 Å². The van der Waals surface area contributed by atoms with E-state index in [1.807, 2.05) is 0 Å². The van der Waals surface area contributed by atoms with Gasteiger partial charge in [-0.2, -0.15) is 0 Å². The molecule has 0 aromatic carbocycles. The molecule has 0 heterocycles. The molecule has 1 saturated carbocycles. The Morgan fingerprint density at radius 3 is 2.36 bits per heavy atom. The van der Waals surface area contributed by atoms with Crippen molar-refractivity contribution < 1.29 is 0 Å². The summed E-state index contributed by atoms with van der Waals surface area (Å²) in [4.78, 5) is 4.71. The third kappa shape index (κ3) is 5.58. The van der Waals surface area contributed by atoms with Crippen LogP contribution < -0.4 is 5.32 Å². The fraction of sp³-hybridized carbons (Fsp3) is 1.00. The van der Waals surface area contributed by atoms with E-state index in [4.69, 9.17) is 0 Å². The van der Waals surface area contributed by atoms with Gasteiger partial charge >= 0.3 is 0 Å². The molecular formula is C11H25N3. The number of hydrogen-bond donors (Lipinski definition) is 1. The monoisotopic (exact) mass is 199 g/mol. The maximum absolute atomic E-state index is 3.49. The van der Waals surface area contributed by atoms with Gasteiger partial charge in [0.05, 0.1) is 0 Å². The summed E-state index contributed by atoms with van der Waals surface area (Å²) in [5, 5.41) is 3.49. The molecule has 0 radical (unpaired) electrons. The smallest absolute Gasteiger partial charge is 0.0107 e. The number of likely N-dealkylation sites (N-methyl/N-ethyl adjacent to an activating group) is 1. The lowest BCUT2D eigenvalue weighted by atomic mass is 10.4. The number of rotatable bonds is 8. The van der Waals surface area contributed by atoms with E-state index in [1.54, 1.807) is 0 Å². The van der Waals surface area contributed by atoms with Gasteiger partial charge in [0.1, 0.15) is 0 Å². The highest BCUT2D eigenvalue weighted by molar-refractivity contribution is 4.82. The number of hydrogen-bond acceptors (Lipinski definition) is 3. The molecule has 0 aromatic rings. The first-order chi connectivity index (χ1) is 6.70. The van der Waals surface area contributed by atoms with Crippen LogP contribution >= 0.6 is 0 Å². The van der Waals surface area contributed by atoms with Crippen molar-refractivity contribution in [2.24, 2.45) is 0 Å². The Morgan fingerprint density at radius 1 is 1.07 bits per heavy atom. The van der Waals surface area contributed by atoms with Gasteiger partial charge in [0.25, 0.3) is 0 Å². The molecule has 0 saturated heterocycles. The molecule has 0 atom stereocenters. The summed E-state index contributed by atoms with van der Waals surface area (Å²) in [6, 6.07) is 0.901. The van der Waals surface area contributed by atoms with Gasteiger partial charge in [-0.25, -0.2) is 0 Å². The summed E-state index contributed by atoms with van der Waals surface area (Å²) in [6.45, 7) is 4.68. The van der Waals surface area contributed by atoms with E-state index in [0.717, 1.165) is 19.1 Å². The lowest BCUT2D eigenvalue weighted by molar-refractivity contribution is 0.319. The highest BCUT2D eigenvalue weighted by Crippen LogP contribution is 2.24. The van der Waals surface area contributed by atoms with Crippen molar-refractivity contribution in [1.82, 2.24) is 15.1 Å². The van der Waals surface area contributed by atoms with Crippen LogP contribution in [-0.4, -0.2) is 63.2 Å². The van der Waals surface area contributed by atoms with Crippen LogP contribution in [0.5, 0.6) is 0 Å². The topological polar surface area (TPSA) is 18.5 Å². The zero-order valence-electron chi connectivity index (χ0n) is 9.92. The van der Waals surface area contributed by atoms with Crippen LogP contribution in [0.15, 0.2) is 0 Å². The normalized spacial score (nSPS) is 16.9. The summed E-state index contributed by atoms with van der Waals surface area (Å²) in [7, 11) is 6.49. The summed E-state index contributed by atoms with van der Waals surface area (Å²) in [5.74, 6) is 0. The molecule has 84 valence electrons. The van der Waals surface area contributed by atoms with E-state index in [2.05, 4.69) is 36.3 Å². The van der Waals surface area contributed by atoms with Gasteiger partial charge in [-0.05, 0) is 53.5 Å². The van der Waals surface area contributed by atoms with Crippen molar-refractivity contribution in [3.8, 4) is 0 Å². The summed E-state index contributed by atoms with van der Waals surface area (Å²) >= 11 is 0. The van der Waals surface area contributed by atoms with Crippen LogP contribution in [0.4, 0.5) is 0 Å². The van der Waals surface area contributed by atoms with Crippen molar-refractivity contribution in [3.05, 3.63) is 0 Å². The summed E-state index contributed by atoms with van der Waals surface area (Å²) in [6.07, 6.45) is 4.08. The predicted octanol–water partition coefficient (Wildman–Crippen LogP) is 0.622. The fourth-order valence-electron chi connectivity index (χ4n) is 1.60. The first-order valence-corrected chi connectivity index (χ1v) is 5.76. The quantitative estimate of drug-likeness (QED) is 0.578. The van der Waals surface area contributed by atoms with Gasteiger partial charge in [-0.15, -0.1) is 0 Å². The molecule has 0 unspecified atom stereocenters. The molecule has 3 nitrogen and oxygen atoms in total. The minimum atomic E-state index is 0.901. The Morgan fingerprint density at radius 2 is 1.79 bits per heavy atom. The molecule has 14 heavy (non-hydrogen) atoms. The Hall–Kier alpha value is -0.120. The Bertz CT molecular complexity index is 143. The van der Waals surface area contributed by atoms with Gasteiger partial charge in [-0.3, -0.25) is 0 Å². The minimum absolute atomic E-state index is 0.901. The third-order valence-electron chi connectivity index (χ3n) is 2.77. The van der Waals surface area contributed by atoms with E-state index in [9.17, 15) is 0 Å². The number of nitrogens with one attached hydrogen (secondary N) is 1. The Labute approximate surface area is 88.5 Å². The zero-order valence-corrected chi connectivity index (χ0v) is 9.92. The molecule has 0 spiro atoms. The Balaban J connectivity index is 1.79. The molecule has 0 aromatic heterocycles. The minimum Gasteiger partial charge on any atom is -0.315 e. The first-order valence-electron chi connectivity index (χ1n) is 5.76. The predicted molar refractivity (Wildman–Crippen MR) is 61.7 cm³/mol. The molecule has 0 amide bonds. The van der Waals surface area contributed by atoms with Gasteiger partial charge < -0.3 is 15.1 Å². The van der Waals surface area contributed by atoms with E-state index in [0.29, 0.717) is 0 Å². The van der Waals surface area contributed by atoms with Gasteiger partial charge in [-0.1, -0.05) is 0 Å². The molecule has 0 bridgehead atoms. The van der Waals surface area contributed by atoms with Gasteiger partial charge in [0.15, 0.2) is 0 Å². The molecule has 1 aliphatic carbocycles. The van der Waals surface area contributed by atoms with Crippen LogP contribution in [0.3, 0.4) is 0 Å². The molecule has 3 heteroatoms. The van der Waals surface area contributed by atoms with E-state index < -0.39 is 0 Å². The summed E-state index contributed by atoms with van der Waals surface area (Å²) in [5.41, 5.74) is 0. The molecular weight excluding hydrogens is 174 g/mol. The second kappa shape index (κ2) is 6.38. The Kier molecular flexibility index (Phi) is 5.45. The first kappa shape index (κ1) is 12.0. The lowest BCUT2D eigenvalue weighted by Gasteiger charge is -2.16. The standard InChI is InChI=1S/C11H25N3/c1-13(2)9-4-7-12-8-10-14(3)11-5-6-11/h11-12H,4-10H2,1-3H3. The van der Waals surface area contributed by atoms with Crippen molar-refractivity contribution in [2.75, 3.05) is 47.3 Å². The SMILES string of the molecule is CN(C)CCCNCCN(C)C1CC1. The van der Waals surface area contributed by atoms with Gasteiger partial charge in [0, 0.05) is 19.1 Å².